The van der Waals surface area contributed by atoms with Crippen LogP contribution in [-0.4, -0.2) is 56.7 Å². The number of urea groups is 1. The minimum atomic E-state index is -0.0129. The van der Waals surface area contributed by atoms with Crippen molar-refractivity contribution in [1.82, 2.24) is 20.9 Å². The van der Waals surface area contributed by atoms with Gasteiger partial charge >= 0.3 is 6.03 Å². The molecule has 1 aliphatic rings. The van der Waals surface area contributed by atoms with Gasteiger partial charge in [0.05, 0.1) is 0 Å². The van der Waals surface area contributed by atoms with Crippen molar-refractivity contribution in [1.29, 1.82) is 0 Å². The van der Waals surface area contributed by atoms with E-state index in [4.69, 9.17) is 0 Å². The molecule has 0 aromatic rings. The van der Waals surface area contributed by atoms with Crippen molar-refractivity contribution in [3.8, 4) is 0 Å². The van der Waals surface area contributed by atoms with Crippen LogP contribution in [-0.2, 0) is 0 Å². The number of nitrogens with one attached hydrogen (secondary N) is 3. The molecule has 0 aromatic heterocycles. The molecule has 0 spiro atoms. The molecule has 1 rings (SSSR count). The van der Waals surface area contributed by atoms with Gasteiger partial charge in [0, 0.05) is 45.8 Å². The van der Waals surface area contributed by atoms with Gasteiger partial charge in [-0.2, -0.15) is 0 Å². The molecule has 3 N–H and O–H groups in total. The maximum Gasteiger partial charge on any atom is 0.314 e. The van der Waals surface area contributed by atoms with Crippen molar-refractivity contribution in [2.45, 2.75) is 71.1 Å². The van der Waals surface area contributed by atoms with Crippen LogP contribution in [0.15, 0.2) is 0 Å². The maximum atomic E-state index is 11.7. The average molecular weight is 341 g/mol. The first-order valence-corrected chi connectivity index (χ1v) is 10.3. The standard InChI is InChI=1S/C19H40N4O/c1-2-3-4-5-6-7-8-9-10-11-12-21-19(24)22-15-18-23-16-13-20-14-17-23/h20H,2-18H2,1H3,(H2,21,22,24). The highest BCUT2D eigenvalue weighted by Gasteiger charge is 2.08. The smallest absolute Gasteiger partial charge is 0.314 e. The van der Waals surface area contributed by atoms with E-state index in [2.05, 4.69) is 27.8 Å². The Kier molecular flexibility index (Phi) is 13.9. The third-order valence-corrected chi connectivity index (χ3v) is 4.74. The van der Waals surface area contributed by atoms with Crippen LogP contribution in [0.25, 0.3) is 0 Å². The second kappa shape index (κ2) is 15.7. The fraction of sp³-hybridized carbons (Fsp3) is 0.947. The zero-order valence-corrected chi connectivity index (χ0v) is 15.9. The number of hydrogen-bond donors (Lipinski definition) is 3. The van der Waals surface area contributed by atoms with Crippen LogP contribution in [0.3, 0.4) is 0 Å². The summed E-state index contributed by atoms with van der Waals surface area (Å²) in [7, 11) is 0. The van der Waals surface area contributed by atoms with Gasteiger partial charge in [-0.15, -0.1) is 0 Å². The molecule has 24 heavy (non-hydrogen) atoms. The average Bonchev–Trinajstić information content (AvgIpc) is 2.60. The van der Waals surface area contributed by atoms with E-state index >= 15 is 0 Å². The molecule has 0 radical (unpaired) electrons. The Morgan fingerprint density at radius 3 is 2.00 bits per heavy atom. The largest absolute Gasteiger partial charge is 0.338 e. The van der Waals surface area contributed by atoms with Crippen molar-refractivity contribution >= 4 is 6.03 Å². The Balaban J connectivity index is 1.77. The van der Waals surface area contributed by atoms with Crippen LogP contribution in [0.5, 0.6) is 0 Å². The summed E-state index contributed by atoms with van der Waals surface area (Å²) >= 11 is 0. The van der Waals surface area contributed by atoms with Gasteiger partial charge in [0.2, 0.25) is 0 Å². The number of unbranched alkanes of at least 4 members (excludes halogenated alkanes) is 9. The summed E-state index contributed by atoms with van der Waals surface area (Å²) in [6, 6.07) is -0.0129. The van der Waals surface area contributed by atoms with Crippen LogP contribution < -0.4 is 16.0 Å². The summed E-state index contributed by atoms with van der Waals surface area (Å²) in [5.74, 6) is 0. The summed E-state index contributed by atoms with van der Waals surface area (Å²) in [6.07, 6.45) is 13.3. The van der Waals surface area contributed by atoms with Gasteiger partial charge in [0.25, 0.3) is 0 Å². The maximum absolute atomic E-state index is 11.7. The molecule has 0 atom stereocenters. The Morgan fingerprint density at radius 1 is 0.833 bits per heavy atom. The second-order valence-corrected chi connectivity index (χ2v) is 6.96. The first kappa shape index (κ1) is 21.2. The molecule has 0 aliphatic carbocycles. The zero-order chi connectivity index (χ0) is 17.3. The molecule has 0 unspecified atom stereocenters. The Labute approximate surface area is 149 Å². The lowest BCUT2D eigenvalue weighted by Gasteiger charge is -2.27. The molecule has 1 fully saturated rings. The molecule has 5 heteroatoms. The molecule has 1 aliphatic heterocycles. The molecule has 1 heterocycles. The van der Waals surface area contributed by atoms with E-state index in [-0.39, 0.29) is 6.03 Å². The van der Waals surface area contributed by atoms with Crippen LogP contribution in [0.2, 0.25) is 0 Å². The van der Waals surface area contributed by atoms with Gasteiger partial charge in [-0.25, -0.2) is 4.79 Å². The highest BCUT2D eigenvalue weighted by molar-refractivity contribution is 5.73. The van der Waals surface area contributed by atoms with Crippen molar-refractivity contribution in [3.05, 3.63) is 0 Å². The van der Waals surface area contributed by atoms with E-state index in [1.807, 2.05) is 0 Å². The number of carbonyl (C=O) groups excluding carboxylic acids is 1. The van der Waals surface area contributed by atoms with Crippen LogP contribution in [0.4, 0.5) is 4.79 Å². The molecular formula is C19H40N4O. The van der Waals surface area contributed by atoms with Crippen LogP contribution >= 0.6 is 0 Å². The van der Waals surface area contributed by atoms with E-state index in [9.17, 15) is 4.79 Å². The Bertz CT molecular complexity index is 293. The van der Waals surface area contributed by atoms with E-state index in [0.717, 1.165) is 52.2 Å². The molecular weight excluding hydrogens is 300 g/mol. The van der Waals surface area contributed by atoms with Crippen molar-refractivity contribution in [3.63, 3.8) is 0 Å². The number of hydrogen-bond acceptors (Lipinski definition) is 3. The lowest BCUT2D eigenvalue weighted by Crippen LogP contribution is -2.47. The topological polar surface area (TPSA) is 56.4 Å². The first-order chi connectivity index (χ1) is 11.8. The monoisotopic (exact) mass is 340 g/mol. The summed E-state index contributed by atoms with van der Waals surface area (Å²) < 4.78 is 0. The molecule has 0 bridgehead atoms. The summed E-state index contributed by atoms with van der Waals surface area (Å²) in [6.45, 7) is 9.05. The SMILES string of the molecule is CCCCCCCCCCCCNC(=O)NCCN1CCNCC1. The van der Waals surface area contributed by atoms with Gasteiger partial charge in [-0.3, -0.25) is 4.90 Å². The molecule has 1 saturated heterocycles. The van der Waals surface area contributed by atoms with E-state index < -0.39 is 0 Å². The predicted molar refractivity (Wildman–Crippen MR) is 103 cm³/mol. The lowest BCUT2D eigenvalue weighted by molar-refractivity contribution is 0.227. The predicted octanol–water partition coefficient (Wildman–Crippen LogP) is 3.11. The summed E-state index contributed by atoms with van der Waals surface area (Å²) in [5.41, 5.74) is 0. The summed E-state index contributed by atoms with van der Waals surface area (Å²) in [5, 5.41) is 9.25. The van der Waals surface area contributed by atoms with Gasteiger partial charge in [0.15, 0.2) is 0 Å². The summed E-state index contributed by atoms with van der Waals surface area (Å²) in [4.78, 5) is 14.1. The molecule has 2 amide bonds. The van der Waals surface area contributed by atoms with Crippen molar-refractivity contribution < 1.29 is 4.79 Å². The normalized spacial score (nSPS) is 15.4. The number of rotatable bonds is 14. The zero-order valence-electron chi connectivity index (χ0n) is 15.9. The van der Waals surface area contributed by atoms with E-state index in [1.54, 1.807) is 0 Å². The third kappa shape index (κ3) is 12.6. The molecule has 142 valence electrons. The van der Waals surface area contributed by atoms with Crippen LogP contribution in [0.1, 0.15) is 71.1 Å². The Morgan fingerprint density at radius 2 is 1.38 bits per heavy atom. The minimum Gasteiger partial charge on any atom is -0.338 e. The highest BCUT2D eigenvalue weighted by atomic mass is 16.2. The molecule has 0 saturated carbocycles. The van der Waals surface area contributed by atoms with Crippen molar-refractivity contribution in [2.75, 3.05) is 45.8 Å². The Hall–Kier alpha value is -0.810. The lowest BCUT2D eigenvalue weighted by atomic mass is 10.1. The fourth-order valence-electron chi connectivity index (χ4n) is 3.14. The molecule has 5 nitrogen and oxygen atoms in total. The third-order valence-electron chi connectivity index (χ3n) is 4.74. The number of amides is 2. The van der Waals surface area contributed by atoms with Gasteiger partial charge in [-0.05, 0) is 6.42 Å². The minimum absolute atomic E-state index is 0.0129. The first-order valence-electron chi connectivity index (χ1n) is 10.3. The second-order valence-electron chi connectivity index (χ2n) is 6.96. The highest BCUT2D eigenvalue weighted by Crippen LogP contribution is 2.10. The van der Waals surface area contributed by atoms with Gasteiger partial charge in [-0.1, -0.05) is 64.7 Å². The van der Waals surface area contributed by atoms with Gasteiger partial charge in [0.1, 0.15) is 0 Å². The number of nitrogens with zero attached hydrogens (tertiary/aromatic N) is 1. The van der Waals surface area contributed by atoms with E-state index in [1.165, 1.54) is 57.8 Å². The van der Waals surface area contributed by atoms with Crippen LogP contribution in [0, 0.1) is 0 Å². The van der Waals surface area contributed by atoms with Gasteiger partial charge < -0.3 is 16.0 Å². The molecule has 0 aromatic carbocycles. The quantitative estimate of drug-likeness (QED) is 0.426. The number of carbonyl (C=O) groups is 1. The number of piperazine rings is 1. The fourth-order valence-corrected chi connectivity index (χ4v) is 3.14. The van der Waals surface area contributed by atoms with E-state index in [0.29, 0.717) is 0 Å². The van der Waals surface area contributed by atoms with Crippen molar-refractivity contribution in [2.24, 2.45) is 0 Å².